The van der Waals surface area contributed by atoms with Crippen molar-refractivity contribution in [2.75, 3.05) is 19.5 Å². The normalized spacial score (nSPS) is 14.1. The lowest BCUT2D eigenvalue weighted by Gasteiger charge is -2.12. The number of ether oxygens (including phenoxy) is 2. The molecule has 0 radical (unpaired) electrons. The lowest BCUT2D eigenvalue weighted by Crippen LogP contribution is -2.20. The van der Waals surface area contributed by atoms with Gasteiger partial charge >= 0.3 is 0 Å². The van der Waals surface area contributed by atoms with Crippen molar-refractivity contribution >= 4 is 11.6 Å². The van der Waals surface area contributed by atoms with Gasteiger partial charge in [0.05, 0.1) is 14.2 Å². The van der Waals surface area contributed by atoms with Crippen LogP contribution < -0.4 is 20.1 Å². The van der Waals surface area contributed by atoms with E-state index in [9.17, 15) is 4.79 Å². The van der Waals surface area contributed by atoms with Gasteiger partial charge in [-0.1, -0.05) is 31.0 Å². The Bertz CT molecular complexity index is 770. The number of amides is 1. The van der Waals surface area contributed by atoms with Crippen molar-refractivity contribution in [1.29, 1.82) is 0 Å². The number of rotatable bonds is 8. The molecule has 1 aliphatic carbocycles. The fraction of sp³-hybridized carbons (Fsp3) is 0.409. The molecule has 0 aliphatic heterocycles. The minimum atomic E-state index is 0.155. The van der Waals surface area contributed by atoms with E-state index in [0.29, 0.717) is 0 Å². The van der Waals surface area contributed by atoms with E-state index < -0.39 is 0 Å². The summed E-state index contributed by atoms with van der Waals surface area (Å²) >= 11 is 0. The molecule has 0 atom stereocenters. The molecular formula is C22H28N2O3. The number of methoxy groups -OCH3 is 2. The summed E-state index contributed by atoms with van der Waals surface area (Å²) in [7, 11) is 3.27. The highest BCUT2D eigenvalue weighted by Gasteiger charge is 2.22. The molecule has 0 unspecified atom stereocenters. The number of hydrogen-bond donors (Lipinski definition) is 2. The van der Waals surface area contributed by atoms with Gasteiger partial charge in [0.25, 0.3) is 0 Å². The molecule has 1 saturated carbocycles. The van der Waals surface area contributed by atoms with E-state index in [1.165, 1.54) is 0 Å². The maximum absolute atomic E-state index is 12.3. The van der Waals surface area contributed by atoms with Crippen LogP contribution >= 0.6 is 0 Å². The molecule has 0 spiro atoms. The molecule has 0 aromatic heterocycles. The van der Waals surface area contributed by atoms with Crippen LogP contribution in [-0.4, -0.2) is 20.1 Å². The molecule has 1 fully saturated rings. The first-order chi connectivity index (χ1) is 13.2. The number of benzene rings is 2. The molecule has 0 heterocycles. The zero-order chi connectivity index (χ0) is 19.1. The van der Waals surface area contributed by atoms with Crippen molar-refractivity contribution in [1.82, 2.24) is 5.32 Å². The monoisotopic (exact) mass is 368 g/mol. The fourth-order valence-corrected chi connectivity index (χ4v) is 3.53. The summed E-state index contributed by atoms with van der Waals surface area (Å²) in [6.45, 7) is 1.44. The Labute approximate surface area is 161 Å². The first-order valence-corrected chi connectivity index (χ1v) is 9.51. The van der Waals surface area contributed by atoms with Crippen LogP contribution in [0.15, 0.2) is 42.5 Å². The number of carbonyl (C=O) groups excluding carboxylic acids is 1. The number of anilines is 1. The van der Waals surface area contributed by atoms with Crippen molar-refractivity contribution in [2.45, 2.75) is 38.8 Å². The van der Waals surface area contributed by atoms with Crippen LogP contribution in [0.4, 0.5) is 5.69 Å². The van der Waals surface area contributed by atoms with E-state index in [1.54, 1.807) is 14.2 Å². The van der Waals surface area contributed by atoms with Crippen LogP contribution in [0.3, 0.4) is 0 Å². The smallest absolute Gasteiger partial charge is 0.227 e. The molecule has 0 bridgehead atoms. The van der Waals surface area contributed by atoms with E-state index in [4.69, 9.17) is 9.47 Å². The van der Waals surface area contributed by atoms with Gasteiger partial charge in [-0.25, -0.2) is 0 Å². The second-order valence-corrected chi connectivity index (χ2v) is 6.96. The molecule has 2 N–H and O–H groups in total. The van der Waals surface area contributed by atoms with E-state index in [2.05, 4.69) is 16.7 Å². The summed E-state index contributed by atoms with van der Waals surface area (Å²) in [4.78, 5) is 12.3. The molecule has 144 valence electrons. The van der Waals surface area contributed by atoms with Gasteiger partial charge in [0.2, 0.25) is 5.91 Å². The molecule has 0 saturated heterocycles. The van der Waals surface area contributed by atoms with Gasteiger partial charge in [0.15, 0.2) is 11.5 Å². The summed E-state index contributed by atoms with van der Waals surface area (Å²) in [5.74, 6) is 1.79. The van der Waals surface area contributed by atoms with Crippen LogP contribution in [0.25, 0.3) is 0 Å². The molecule has 1 aliphatic rings. The largest absolute Gasteiger partial charge is 0.493 e. The summed E-state index contributed by atoms with van der Waals surface area (Å²) in [5, 5.41) is 6.50. The molecule has 3 rings (SSSR count). The van der Waals surface area contributed by atoms with Gasteiger partial charge in [0, 0.05) is 24.7 Å². The molecule has 2 aromatic rings. The summed E-state index contributed by atoms with van der Waals surface area (Å²) in [6, 6.07) is 13.9. The third kappa shape index (κ3) is 5.23. The van der Waals surface area contributed by atoms with Crippen molar-refractivity contribution in [3.63, 3.8) is 0 Å². The third-order valence-corrected chi connectivity index (χ3v) is 5.03. The van der Waals surface area contributed by atoms with E-state index >= 15 is 0 Å². The van der Waals surface area contributed by atoms with Gasteiger partial charge < -0.3 is 20.1 Å². The number of hydrogen-bond acceptors (Lipinski definition) is 4. The SMILES string of the molecule is COc1ccc(CNCc2cccc(NC(=O)C3CCCC3)c2)cc1OC. The van der Waals surface area contributed by atoms with Gasteiger partial charge in [-0.3, -0.25) is 4.79 Å². The molecule has 5 nitrogen and oxygen atoms in total. The lowest BCUT2D eigenvalue weighted by atomic mass is 10.1. The predicted molar refractivity (Wildman–Crippen MR) is 107 cm³/mol. The first-order valence-electron chi connectivity index (χ1n) is 9.51. The van der Waals surface area contributed by atoms with Gasteiger partial charge in [-0.05, 0) is 48.2 Å². The Morgan fingerprint density at radius 1 is 0.963 bits per heavy atom. The molecule has 27 heavy (non-hydrogen) atoms. The second kappa shape index (κ2) is 9.42. The Hall–Kier alpha value is -2.53. The Kier molecular flexibility index (Phi) is 6.71. The Morgan fingerprint density at radius 3 is 2.37 bits per heavy atom. The lowest BCUT2D eigenvalue weighted by molar-refractivity contribution is -0.119. The van der Waals surface area contributed by atoms with Gasteiger partial charge in [-0.2, -0.15) is 0 Å². The number of carbonyl (C=O) groups is 1. The van der Waals surface area contributed by atoms with Crippen LogP contribution in [0, 0.1) is 5.92 Å². The van der Waals surface area contributed by atoms with Crippen molar-refractivity contribution in [3.8, 4) is 11.5 Å². The zero-order valence-electron chi connectivity index (χ0n) is 16.1. The molecule has 2 aromatic carbocycles. The summed E-state index contributed by atoms with van der Waals surface area (Å²) in [5.41, 5.74) is 3.13. The Morgan fingerprint density at radius 2 is 1.67 bits per heavy atom. The van der Waals surface area contributed by atoms with Gasteiger partial charge in [0.1, 0.15) is 0 Å². The highest BCUT2D eigenvalue weighted by atomic mass is 16.5. The van der Waals surface area contributed by atoms with Crippen LogP contribution in [0.5, 0.6) is 11.5 Å². The topological polar surface area (TPSA) is 59.6 Å². The van der Waals surface area contributed by atoms with Crippen molar-refractivity contribution in [2.24, 2.45) is 5.92 Å². The quantitative estimate of drug-likeness (QED) is 0.736. The summed E-state index contributed by atoms with van der Waals surface area (Å²) < 4.78 is 10.6. The highest BCUT2D eigenvalue weighted by Crippen LogP contribution is 2.28. The predicted octanol–water partition coefficient (Wildman–Crippen LogP) is 4.12. The van der Waals surface area contributed by atoms with Crippen molar-refractivity contribution in [3.05, 3.63) is 53.6 Å². The minimum absolute atomic E-state index is 0.155. The van der Waals surface area contributed by atoms with E-state index in [0.717, 1.165) is 67.1 Å². The third-order valence-electron chi connectivity index (χ3n) is 5.03. The highest BCUT2D eigenvalue weighted by molar-refractivity contribution is 5.92. The fourth-order valence-electron chi connectivity index (χ4n) is 3.53. The van der Waals surface area contributed by atoms with Crippen molar-refractivity contribution < 1.29 is 14.3 Å². The minimum Gasteiger partial charge on any atom is -0.493 e. The number of nitrogens with one attached hydrogen (secondary N) is 2. The Balaban J connectivity index is 1.53. The average molecular weight is 368 g/mol. The summed E-state index contributed by atoms with van der Waals surface area (Å²) in [6.07, 6.45) is 4.35. The molecular weight excluding hydrogens is 340 g/mol. The van der Waals surface area contributed by atoms with E-state index in [1.807, 2.05) is 36.4 Å². The van der Waals surface area contributed by atoms with Crippen LogP contribution in [0.1, 0.15) is 36.8 Å². The average Bonchev–Trinajstić information content (AvgIpc) is 3.23. The zero-order valence-corrected chi connectivity index (χ0v) is 16.1. The first kappa shape index (κ1) is 19.2. The second-order valence-electron chi connectivity index (χ2n) is 6.96. The van der Waals surface area contributed by atoms with Crippen LogP contribution in [-0.2, 0) is 17.9 Å². The maximum atomic E-state index is 12.3. The van der Waals surface area contributed by atoms with Crippen LogP contribution in [0.2, 0.25) is 0 Å². The van der Waals surface area contributed by atoms with Gasteiger partial charge in [-0.15, -0.1) is 0 Å². The standard InChI is InChI=1S/C22H28N2O3/c1-26-20-11-10-17(13-21(20)27-2)15-23-14-16-6-5-9-19(12-16)24-22(25)18-7-3-4-8-18/h5-6,9-13,18,23H,3-4,7-8,14-15H2,1-2H3,(H,24,25). The maximum Gasteiger partial charge on any atom is 0.227 e. The van der Waals surface area contributed by atoms with E-state index in [-0.39, 0.29) is 11.8 Å². The molecule has 5 heteroatoms. The molecule has 1 amide bonds.